The van der Waals surface area contributed by atoms with E-state index in [9.17, 15) is 21.6 Å². The number of rotatable bonds is 8. The van der Waals surface area contributed by atoms with E-state index in [-0.39, 0.29) is 4.90 Å². The molecule has 0 heterocycles. The summed E-state index contributed by atoms with van der Waals surface area (Å²) in [6, 6.07) is 15.5. The van der Waals surface area contributed by atoms with E-state index in [1.165, 1.54) is 31.2 Å². The van der Waals surface area contributed by atoms with Crippen molar-refractivity contribution in [3.63, 3.8) is 0 Å². The molecule has 0 aliphatic rings. The highest BCUT2D eigenvalue weighted by atomic mass is 32.2. The first-order valence-electron chi connectivity index (χ1n) is 11.3. The van der Waals surface area contributed by atoms with E-state index in [4.69, 9.17) is 0 Å². The summed E-state index contributed by atoms with van der Waals surface area (Å²) < 4.78 is 54.6. The summed E-state index contributed by atoms with van der Waals surface area (Å²) >= 11 is 0. The Balaban J connectivity index is 1.81. The molecule has 0 aliphatic heterocycles. The molecule has 3 aromatic carbocycles. The lowest BCUT2D eigenvalue weighted by atomic mass is 10.1. The molecule has 36 heavy (non-hydrogen) atoms. The Labute approximate surface area is 213 Å². The van der Waals surface area contributed by atoms with Gasteiger partial charge in [-0.15, -0.1) is 0 Å². The van der Waals surface area contributed by atoms with E-state index in [0.29, 0.717) is 17.1 Å². The SMILES string of the molecule is Cc1cc(C)cc(N([C@H](C)C(=O)Nc2ccc(S(=O)(=O)Nc3c(C)cccc3C)cc2)S(C)(=O)=O)c1. The number of anilines is 3. The van der Waals surface area contributed by atoms with Gasteiger partial charge >= 0.3 is 0 Å². The van der Waals surface area contributed by atoms with Crippen molar-refractivity contribution >= 4 is 43.0 Å². The number of benzene rings is 3. The van der Waals surface area contributed by atoms with Gasteiger partial charge in [-0.05, 0) is 93.3 Å². The van der Waals surface area contributed by atoms with Crippen LogP contribution in [-0.2, 0) is 24.8 Å². The minimum Gasteiger partial charge on any atom is -0.324 e. The number of nitrogens with zero attached hydrogens (tertiary/aromatic N) is 1. The topological polar surface area (TPSA) is 113 Å². The summed E-state index contributed by atoms with van der Waals surface area (Å²) in [5, 5.41) is 2.68. The molecule has 0 unspecified atom stereocenters. The Morgan fingerprint density at radius 3 is 1.86 bits per heavy atom. The molecule has 0 saturated heterocycles. The number of aryl methyl sites for hydroxylation is 4. The maximum atomic E-state index is 13.0. The van der Waals surface area contributed by atoms with Gasteiger partial charge in [0.15, 0.2) is 0 Å². The van der Waals surface area contributed by atoms with Gasteiger partial charge in [0.2, 0.25) is 15.9 Å². The molecular formula is C26H31N3O5S2. The highest BCUT2D eigenvalue weighted by Crippen LogP contribution is 2.26. The standard InChI is InChI=1S/C26H31N3O5S2/c1-17-14-18(2)16-23(15-17)29(35(6,31)32)21(5)26(30)27-22-10-12-24(13-11-22)36(33,34)28-25-19(3)8-7-9-20(25)4/h7-16,21,28H,1-6H3,(H,27,30)/t21-/m1/s1. The van der Waals surface area contributed by atoms with Crippen LogP contribution in [0.2, 0.25) is 0 Å². The Bertz CT molecular complexity index is 1460. The van der Waals surface area contributed by atoms with E-state index in [1.807, 2.05) is 52.0 Å². The predicted molar refractivity (Wildman–Crippen MR) is 144 cm³/mol. The summed E-state index contributed by atoms with van der Waals surface area (Å²) in [7, 11) is -7.61. The van der Waals surface area contributed by atoms with Gasteiger partial charge in [0.05, 0.1) is 22.5 Å². The van der Waals surface area contributed by atoms with Gasteiger partial charge in [0, 0.05) is 5.69 Å². The molecule has 10 heteroatoms. The number of para-hydroxylation sites is 1. The zero-order valence-corrected chi connectivity index (χ0v) is 22.8. The van der Waals surface area contributed by atoms with Gasteiger partial charge in [-0.1, -0.05) is 24.3 Å². The third-order valence-corrected chi connectivity index (χ3v) is 8.31. The number of amides is 1. The zero-order chi connectivity index (χ0) is 26.8. The van der Waals surface area contributed by atoms with Gasteiger partial charge in [-0.2, -0.15) is 0 Å². The molecule has 0 aromatic heterocycles. The smallest absolute Gasteiger partial charge is 0.261 e. The number of nitrogens with one attached hydrogen (secondary N) is 2. The lowest BCUT2D eigenvalue weighted by Crippen LogP contribution is -2.45. The van der Waals surface area contributed by atoms with Crippen LogP contribution in [0.3, 0.4) is 0 Å². The van der Waals surface area contributed by atoms with Crippen LogP contribution >= 0.6 is 0 Å². The van der Waals surface area contributed by atoms with Gasteiger partial charge < -0.3 is 5.32 Å². The second kappa shape index (κ2) is 10.3. The third kappa shape index (κ3) is 6.24. The molecule has 1 atom stereocenters. The Hall–Kier alpha value is -3.37. The minimum absolute atomic E-state index is 0.0317. The van der Waals surface area contributed by atoms with Crippen LogP contribution in [0.4, 0.5) is 17.1 Å². The lowest BCUT2D eigenvalue weighted by molar-refractivity contribution is -0.116. The highest BCUT2D eigenvalue weighted by molar-refractivity contribution is 7.92. The summed E-state index contributed by atoms with van der Waals surface area (Å²) in [6.07, 6.45) is 1.05. The van der Waals surface area contributed by atoms with E-state index in [0.717, 1.165) is 32.8 Å². The largest absolute Gasteiger partial charge is 0.324 e. The fourth-order valence-electron chi connectivity index (χ4n) is 4.02. The first-order chi connectivity index (χ1) is 16.7. The van der Waals surface area contributed by atoms with E-state index >= 15 is 0 Å². The van der Waals surface area contributed by atoms with Crippen LogP contribution in [0.1, 0.15) is 29.2 Å². The van der Waals surface area contributed by atoms with Crippen LogP contribution < -0.4 is 14.3 Å². The maximum Gasteiger partial charge on any atom is 0.261 e. The molecule has 0 radical (unpaired) electrons. The third-order valence-electron chi connectivity index (χ3n) is 5.70. The van der Waals surface area contributed by atoms with Crippen LogP contribution in [0.25, 0.3) is 0 Å². The molecule has 0 spiro atoms. The molecule has 192 valence electrons. The number of sulfonamides is 2. The maximum absolute atomic E-state index is 13.0. The lowest BCUT2D eigenvalue weighted by Gasteiger charge is -2.28. The average Bonchev–Trinajstić information content (AvgIpc) is 2.75. The fourth-order valence-corrected chi connectivity index (χ4v) is 6.38. The van der Waals surface area contributed by atoms with Crippen LogP contribution in [0.5, 0.6) is 0 Å². The quantitative estimate of drug-likeness (QED) is 0.446. The van der Waals surface area contributed by atoms with Gasteiger partial charge in [-0.25, -0.2) is 16.8 Å². The fraction of sp³-hybridized carbons (Fsp3) is 0.269. The number of carbonyl (C=O) groups is 1. The average molecular weight is 530 g/mol. The molecule has 1 amide bonds. The Morgan fingerprint density at radius 2 is 1.36 bits per heavy atom. The zero-order valence-electron chi connectivity index (χ0n) is 21.2. The van der Waals surface area contributed by atoms with Gasteiger partial charge in [-0.3, -0.25) is 13.8 Å². The first-order valence-corrected chi connectivity index (χ1v) is 14.6. The molecule has 0 fully saturated rings. The monoisotopic (exact) mass is 529 g/mol. The van der Waals surface area contributed by atoms with Crippen molar-refractivity contribution in [1.82, 2.24) is 0 Å². The summed E-state index contributed by atoms with van der Waals surface area (Å²) in [5.74, 6) is -0.552. The molecule has 0 bridgehead atoms. The van der Waals surface area contributed by atoms with E-state index in [2.05, 4.69) is 10.0 Å². The number of hydrogen-bond acceptors (Lipinski definition) is 5. The summed E-state index contributed by atoms with van der Waals surface area (Å²) in [6.45, 7) is 8.85. The van der Waals surface area contributed by atoms with E-state index < -0.39 is 32.0 Å². The minimum atomic E-state index is -3.85. The highest BCUT2D eigenvalue weighted by Gasteiger charge is 2.29. The van der Waals surface area contributed by atoms with Gasteiger partial charge in [0.1, 0.15) is 6.04 Å². The molecular weight excluding hydrogens is 498 g/mol. The normalized spacial score (nSPS) is 12.6. The second-order valence-corrected chi connectivity index (χ2v) is 12.5. The molecule has 0 aliphatic carbocycles. The Morgan fingerprint density at radius 1 is 0.833 bits per heavy atom. The molecule has 8 nitrogen and oxygen atoms in total. The van der Waals surface area contributed by atoms with Crippen molar-refractivity contribution in [1.29, 1.82) is 0 Å². The van der Waals surface area contributed by atoms with Crippen LogP contribution in [0.15, 0.2) is 65.6 Å². The van der Waals surface area contributed by atoms with Crippen molar-refractivity contribution in [2.75, 3.05) is 20.6 Å². The first kappa shape index (κ1) is 27.2. The van der Waals surface area contributed by atoms with Crippen LogP contribution in [-0.4, -0.2) is 35.0 Å². The second-order valence-electron chi connectivity index (χ2n) is 8.97. The summed E-state index contributed by atoms with van der Waals surface area (Å²) in [4.78, 5) is 13.0. The molecule has 3 aromatic rings. The van der Waals surface area contributed by atoms with Crippen molar-refractivity contribution in [3.8, 4) is 0 Å². The van der Waals surface area contributed by atoms with Gasteiger partial charge in [0.25, 0.3) is 10.0 Å². The van der Waals surface area contributed by atoms with Crippen molar-refractivity contribution < 1.29 is 21.6 Å². The van der Waals surface area contributed by atoms with Crippen LogP contribution in [0, 0.1) is 27.7 Å². The Kier molecular flexibility index (Phi) is 7.80. The summed E-state index contributed by atoms with van der Waals surface area (Å²) in [5.41, 5.74) is 4.61. The number of hydrogen-bond donors (Lipinski definition) is 2. The predicted octanol–water partition coefficient (Wildman–Crippen LogP) is 4.51. The van der Waals surface area contributed by atoms with E-state index in [1.54, 1.807) is 12.1 Å². The van der Waals surface area contributed by atoms with Crippen molar-refractivity contribution in [3.05, 3.63) is 82.9 Å². The number of carbonyl (C=O) groups excluding carboxylic acids is 1. The van der Waals surface area contributed by atoms with Crippen molar-refractivity contribution in [2.24, 2.45) is 0 Å². The molecule has 3 rings (SSSR count). The molecule has 0 saturated carbocycles. The molecule has 2 N–H and O–H groups in total. The van der Waals surface area contributed by atoms with Crippen molar-refractivity contribution in [2.45, 2.75) is 45.6 Å².